The molecule has 4 rings (SSSR count). The standard InChI is InChI=1S/C28H35F3N4O3S/c29-21-4-1-19(2-5-21)9-14-34(15-11-24(32)37)17-18-35(22-7-12-28(30,31)13-8-22)16-10-20-3-6-23(36)25-26(20)39-27(38)33-25/h1-6,22,36H,7-18H2,(H2,32,37)(H,33,38). The Hall–Kier alpha value is -2.89. The second kappa shape index (κ2) is 13.0. The van der Waals surface area contributed by atoms with E-state index in [1.807, 2.05) is 0 Å². The number of halogens is 3. The second-order valence-corrected chi connectivity index (χ2v) is 11.3. The Labute approximate surface area is 229 Å². The van der Waals surface area contributed by atoms with Gasteiger partial charge in [-0.2, -0.15) is 0 Å². The number of aromatic amines is 1. The molecular weight excluding hydrogens is 529 g/mol. The van der Waals surface area contributed by atoms with Crippen molar-refractivity contribution in [3.63, 3.8) is 0 Å². The van der Waals surface area contributed by atoms with Crippen LogP contribution in [-0.4, -0.2) is 70.5 Å². The number of phenols is 1. The summed E-state index contributed by atoms with van der Waals surface area (Å²) >= 11 is 1.05. The SMILES string of the molecule is NC(=O)CCN(CCc1ccc(F)cc1)CCN(CCc1ccc(O)c2[nH]c(=O)sc12)C1CCC(F)(F)CC1. The first kappa shape index (κ1) is 29.1. The molecule has 0 aliphatic heterocycles. The number of amides is 1. The number of nitrogens with two attached hydrogens (primary N) is 1. The first-order chi connectivity index (χ1) is 18.6. The number of thiazole rings is 1. The van der Waals surface area contributed by atoms with Gasteiger partial charge in [0.15, 0.2) is 0 Å². The number of hydrogen-bond acceptors (Lipinski definition) is 6. The summed E-state index contributed by atoms with van der Waals surface area (Å²) in [5.74, 6) is -3.30. The minimum atomic E-state index is -2.63. The molecular formula is C28H35F3N4O3S. The molecule has 1 aliphatic carbocycles. The second-order valence-electron chi connectivity index (χ2n) is 10.3. The third kappa shape index (κ3) is 8.30. The Morgan fingerprint density at radius 2 is 1.74 bits per heavy atom. The van der Waals surface area contributed by atoms with E-state index in [1.54, 1.807) is 24.3 Å². The lowest BCUT2D eigenvalue weighted by atomic mass is 9.91. The van der Waals surface area contributed by atoms with E-state index in [0.29, 0.717) is 68.6 Å². The van der Waals surface area contributed by atoms with E-state index in [4.69, 9.17) is 5.73 Å². The van der Waals surface area contributed by atoms with Crippen molar-refractivity contribution < 1.29 is 23.1 Å². The highest BCUT2D eigenvalue weighted by molar-refractivity contribution is 7.16. The van der Waals surface area contributed by atoms with Gasteiger partial charge in [-0.15, -0.1) is 0 Å². The number of carbonyl (C=O) groups excluding carboxylic acids is 1. The van der Waals surface area contributed by atoms with Crippen molar-refractivity contribution in [2.45, 2.75) is 56.9 Å². The Balaban J connectivity index is 1.45. The lowest BCUT2D eigenvalue weighted by Gasteiger charge is -2.38. The van der Waals surface area contributed by atoms with E-state index in [9.17, 15) is 27.9 Å². The normalized spacial score (nSPS) is 15.9. The molecule has 0 spiro atoms. The monoisotopic (exact) mass is 564 g/mol. The molecule has 1 heterocycles. The van der Waals surface area contributed by atoms with Gasteiger partial charge in [0.25, 0.3) is 0 Å². The molecule has 1 fully saturated rings. The first-order valence-electron chi connectivity index (χ1n) is 13.3. The summed E-state index contributed by atoms with van der Waals surface area (Å²) in [7, 11) is 0. The van der Waals surface area contributed by atoms with E-state index in [0.717, 1.165) is 22.5 Å². The van der Waals surface area contributed by atoms with Gasteiger partial charge >= 0.3 is 4.87 Å². The number of primary amides is 1. The average Bonchev–Trinajstić information content (AvgIpc) is 3.30. The van der Waals surface area contributed by atoms with Crippen molar-refractivity contribution in [1.82, 2.24) is 14.8 Å². The summed E-state index contributed by atoms with van der Waals surface area (Å²) in [5.41, 5.74) is 7.72. The molecule has 1 aromatic heterocycles. The number of H-pyrrole nitrogens is 1. The van der Waals surface area contributed by atoms with Crippen molar-refractivity contribution >= 4 is 27.5 Å². The maximum absolute atomic E-state index is 13.9. The molecule has 212 valence electrons. The quantitative estimate of drug-likeness (QED) is 0.288. The number of benzene rings is 2. The van der Waals surface area contributed by atoms with Gasteiger partial charge in [-0.3, -0.25) is 14.5 Å². The van der Waals surface area contributed by atoms with Gasteiger partial charge in [0.05, 0.1) is 4.70 Å². The summed E-state index contributed by atoms with van der Waals surface area (Å²) in [4.78, 5) is 30.2. The number of fused-ring (bicyclic) bond motifs is 1. The molecule has 0 atom stereocenters. The molecule has 11 heteroatoms. The number of phenolic OH excluding ortho intramolecular Hbond substituents is 1. The molecule has 2 aromatic carbocycles. The largest absolute Gasteiger partial charge is 0.506 e. The molecule has 3 aromatic rings. The van der Waals surface area contributed by atoms with Gasteiger partial charge in [0, 0.05) is 58.0 Å². The van der Waals surface area contributed by atoms with E-state index >= 15 is 0 Å². The van der Waals surface area contributed by atoms with Crippen LogP contribution in [0.1, 0.15) is 43.2 Å². The predicted molar refractivity (Wildman–Crippen MR) is 147 cm³/mol. The Bertz CT molecular complexity index is 1300. The van der Waals surface area contributed by atoms with Crippen LogP contribution in [0.2, 0.25) is 0 Å². The van der Waals surface area contributed by atoms with Crippen molar-refractivity contribution in [3.05, 3.63) is 63.0 Å². The highest BCUT2D eigenvalue weighted by atomic mass is 32.1. The lowest BCUT2D eigenvalue weighted by molar-refractivity contribution is -0.118. The molecule has 1 aliphatic rings. The summed E-state index contributed by atoms with van der Waals surface area (Å²) in [5, 5.41) is 10.1. The number of carbonyl (C=O) groups is 1. The minimum absolute atomic E-state index is 0.00251. The van der Waals surface area contributed by atoms with Gasteiger partial charge in [-0.25, -0.2) is 13.2 Å². The Morgan fingerprint density at radius 3 is 2.44 bits per heavy atom. The van der Waals surface area contributed by atoms with Crippen molar-refractivity contribution in [1.29, 1.82) is 0 Å². The summed E-state index contributed by atoms with van der Waals surface area (Å²) in [6.07, 6.45) is 1.97. The van der Waals surface area contributed by atoms with E-state index < -0.39 is 11.8 Å². The molecule has 1 saturated carbocycles. The fraction of sp³-hybridized carbons (Fsp3) is 0.500. The fourth-order valence-electron chi connectivity index (χ4n) is 5.21. The summed E-state index contributed by atoms with van der Waals surface area (Å²) in [6.45, 7) is 2.95. The molecule has 39 heavy (non-hydrogen) atoms. The summed E-state index contributed by atoms with van der Waals surface area (Å²) < 4.78 is 41.9. The smallest absolute Gasteiger partial charge is 0.305 e. The van der Waals surface area contributed by atoms with Crippen LogP contribution in [0.3, 0.4) is 0 Å². The van der Waals surface area contributed by atoms with Crippen molar-refractivity contribution in [3.8, 4) is 5.75 Å². The number of rotatable bonds is 13. The molecule has 4 N–H and O–H groups in total. The van der Waals surface area contributed by atoms with Crippen LogP contribution in [0.15, 0.2) is 41.2 Å². The van der Waals surface area contributed by atoms with Crippen LogP contribution >= 0.6 is 11.3 Å². The molecule has 0 bridgehead atoms. The van der Waals surface area contributed by atoms with Gasteiger partial charge < -0.3 is 20.7 Å². The van der Waals surface area contributed by atoms with Gasteiger partial charge in [-0.05, 0) is 55.0 Å². The number of hydrogen-bond donors (Lipinski definition) is 3. The third-order valence-electron chi connectivity index (χ3n) is 7.52. The van der Waals surface area contributed by atoms with E-state index in [1.165, 1.54) is 12.1 Å². The van der Waals surface area contributed by atoms with Crippen molar-refractivity contribution in [2.75, 3.05) is 32.7 Å². The zero-order valence-electron chi connectivity index (χ0n) is 21.8. The maximum atomic E-state index is 13.9. The van der Waals surface area contributed by atoms with E-state index in [2.05, 4.69) is 14.8 Å². The van der Waals surface area contributed by atoms with Gasteiger partial charge in [0.1, 0.15) is 17.1 Å². The van der Waals surface area contributed by atoms with Gasteiger partial charge in [0.2, 0.25) is 11.8 Å². The highest BCUT2D eigenvalue weighted by Gasteiger charge is 2.36. The molecule has 0 saturated heterocycles. The van der Waals surface area contributed by atoms with Crippen LogP contribution in [0.25, 0.3) is 10.2 Å². The number of aromatic nitrogens is 1. The molecule has 7 nitrogen and oxygen atoms in total. The number of nitrogens with zero attached hydrogens (tertiary/aromatic N) is 2. The van der Waals surface area contributed by atoms with Crippen LogP contribution in [-0.2, 0) is 17.6 Å². The fourth-order valence-corrected chi connectivity index (χ4v) is 6.11. The van der Waals surface area contributed by atoms with Gasteiger partial charge in [-0.1, -0.05) is 29.5 Å². The first-order valence-corrected chi connectivity index (χ1v) is 14.1. The van der Waals surface area contributed by atoms with E-state index in [-0.39, 0.29) is 41.7 Å². The molecule has 1 amide bonds. The number of aromatic hydroxyl groups is 1. The molecule has 0 radical (unpaired) electrons. The zero-order valence-corrected chi connectivity index (χ0v) is 22.6. The molecule has 0 unspecified atom stereocenters. The van der Waals surface area contributed by atoms with Crippen LogP contribution in [0, 0.1) is 5.82 Å². The lowest BCUT2D eigenvalue weighted by Crippen LogP contribution is -2.45. The third-order valence-corrected chi connectivity index (χ3v) is 8.48. The average molecular weight is 565 g/mol. The minimum Gasteiger partial charge on any atom is -0.506 e. The van der Waals surface area contributed by atoms with Crippen LogP contribution < -0.4 is 10.6 Å². The number of nitrogens with one attached hydrogen (secondary N) is 1. The topological polar surface area (TPSA) is 103 Å². The number of alkyl halides is 2. The zero-order chi connectivity index (χ0) is 28.0. The Morgan fingerprint density at radius 1 is 1.03 bits per heavy atom. The highest BCUT2D eigenvalue weighted by Crippen LogP contribution is 2.35. The summed E-state index contributed by atoms with van der Waals surface area (Å²) in [6, 6.07) is 9.69. The Kier molecular flexibility index (Phi) is 9.68. The van der Waals surface area contributed by atoms with Crippen molar-refractivity contribution in [2.24, 2.45) is 5.73 Å². The predicted octanol–water partition coefficient (Wildman–Crippen LogP) is 4.28. The van der Waals surface area contributed by atoms with Crippen LogP contribution in [0.5, 0.6) is 5.75 Å². The maximum Gasteiger partial charge on any atom is 0.305 e. The van der Waals surface area contributed by atoms with Crippen LogP contribution in [0.4, 0.5) is 13.2 Å².